The van der Waals surface area contributed by atoms with Crippen LogP contribution in [0.2, 0.25) is 0 Å². The van der Waals surface area contributed by atoms with Crippen LogP contribution in [0.1, 0.15) is 49.0 Å². The van der Waals surface area contributed by atoms with Crippen LogP contribution >= 0.6 is 0 Å². The number of amides is 2. The first-order chi connectivity index (χ1) is 11.8. The van der Waals surface area contributed by atoms with Gasteiger partial charge in [0.25, 0.3) is 0 Å². The Morgan fingerprint density at radius 1 is 1.36 bits per heavy atom. The van der Waals surface area contributed by atoms with Gasteiger partial charge in [-0.15, -0.1) is 0 Å². The molecule has 25 heavy (non-hydrogen) atoms. The van der Waals surface area contributed by atoms with E-state index in [0.717, 1.165) is 24.8 Å². The Labute approximate surface area is 148 Å². The van der Waals surface area contributed by atoms with Gasteiger partial charge < -0.3 is 15.3 Å². The van der Waals surface area contributed by atoms with E-state index in [1.54, 1.807) is 11.0 Å². The van der Waals surface area contributed by atoms with Gasteiger partial charge in [-0.05, 0) is 43.9 Å². The molecule has 0 saturated carbocycles. The predicted octanol–water partition coefficient (Wildman–Crippen LogP) is 2.92. The van der Waals surface area contributed by atoms with Gasteiger partial charge in [-0.2, -0.15) is 0 Å². The van der Waals surface area contributed by atoms with Gasteiger partial charge in [0.05, 0.1) is 11.5 Å². The lowest BCUT2D eigenvalue weighted by Gasteiger charge is -2.33. The maximum absolute atomic E-state index is 12.6. The molecule has 0 radical (unpaired) electrons. The Morgan fingerprint density at radius 3 is 2.72 bits per heavy atom. The van der Waals surface area contributed by atoms with E-state index >= 15 is 0 Å². The first kappa shape index (κ1) is 19.0. The number of carbonyl (C=O) groups excluding carboxylic acids is 2. The molecule has 136 valence electrons. The van der Waals surface area contributed by atoms with Crippen LogP contribution in [0.15, 0.2) is 18.2 Å². The summed E-state index contributed by atoms with van der Waals surface area (Å²) in [6, 6.07) is 4.67. The van der Waals surface area contributed by atoms with Gasteiger partial charge in [-0.1, -0.05) is 19.9 Å². The average molecular weight is 346 g/mol. The molecule has 0 aliphatic carbocycles. The monoisotopic (exact) mass is 346 g/mol. The number of anilines is 1. The zero-order valence-corrected chi connectivity index (χ0v) is 15.0. The summed E-state index contributed by atoms with van der Waals surface area (Å²) >= 11 is 0. The molecular formula is C19H26N2O4. The second-order valence-corrected chi connectivity index (χ2v) is 6.76. The Hall–Kier alpha value is -2.37. The summed E-state index contributed by atoms with van der Waals surface area (Å²) in [4.78, 5) is 37.9. The fourth-order valence-corrected chi connectivity index (χ4v) is 3.00. The molecule has 6 nitrogen and oxygen atoms in total. The van der Waals surface area contributed by atoms with Gasteiger partial charge in [0.1, 0.15) is 0 Å². The number of piperidine rings is 1. The lowest BCUT2D eigenvalue weighted by atomic mass is 9.95. The minimum atomic E-state index is -1.03. The summed E-state index contributed by atoms with van der Waals surface area (Å²) < 4.78 is 0. The average Bonchev–Trinajstić information content (AvgIpc) is 2.62. The van der Waals surface area contributed by atoms with Crippen LogP contribution in [0.5, 0.6) is 0 Å². The number of carbonyl (C=O) groups is 3. The van der Waals surface area contributed by atoms with Crippen LogP contribution in [-0.4, -0.2) is 40.9 Å². The maximum Gasteiger partial charge on any atom is 0.335 e. The summed E-state index contributed by atoms with van der Waals surface area (Å²) in [7, 11) is 0. The van der Waals surface area contributed by atoms with Crippen LogP contribution in [-0.2, 0) is 9.59 Å². The van der Waals surface area contributed by atoms with Crippen molar-refractivity contribution in [3.05, 3.63) is 29.3 Å². The smallest absolute Gasteiger partial charge is 0.335 e. The van der Waals surface area contributed by atoms with Crippen molar-refractivity contribution in [2.24, 2.45) is 11.8 Å². The third-order valence-corrected chi connectivity index (χ3v) is 4.88. The lowest BCUT2D eigenvalue weighted by molar-refractivity contribution is -0.138. The molecule has 2 amide bonds. The molecule has 0 bridgehead atoms. The van der Waals surface area contributed by atoms with Crippen molar-refractivity contribution < 1.29 is 19.5 Å². The summed E-state index contributed by atoms with van der Waals surface area (Å²) in [5, 5.41) is 11.9. The number of hydrogen-bond acceptors (Lipinski definition) is 3. The Kier molecular flexibility index (Phi) is 6.17. The van der Waals surface area contributed by atoms with Crippen molar-refractivity contribution in [1.29, 1.82) is 0 Å². The number of aryl methyl sites for hydroxylation is 1. The number of hydrogen-bond donors (Lipinski definition) is 2. The molecule has 1 heterocycles. The highest BCUT2D eigenvalue weighted by Gasteiger charge is 2.30. The number of nitrogens with one attached hydrogen (secondary N) is 1. The number of likely N-dealkylation sites (tertiary alicyclic amines) is 1. The molecule has 0 spiro atoms. The zero-order valence-electron chi connectivity index (χ0n) is 15.0. The van der Waals surface area contributed by atoms with Crippen LogP contribution in [0.4, 0.5) is 5.69 Å². The minimum Gasteiger partial charge on any atom is -0.478 e. The SMILES string of the molecule is CC[C@H](C)C(=O)N1CCC[C@H](C(=O)Nc2cc(C(=O)O)ccc2C)C1. The lowest BCUT2D eigenvalue weighted by Crippen LogP contribution is -2.45. The quantitative estimate of drug-likeness (QED) is 0.858. The van der Waals surface area contributed by atoms with E-state index in [2.05, 4.69) is 5.32 Å². The molecule has 0 aromatic heterocycles. The van der Waals surface area contributed by atoms with Crippen molar-refractivity contribution in [2.45, 2.75) is 40.0 Å². The standard InChI is InChI=1S/C19H26N2O4/c1-4-12(2)18(23)21-9-5-6-15(11-21)17(22)20-16-10-14(19(24)25)8-7-13(16)3/h7-8,10,12,15H,4-6,9,11H2,1-3H3,(H,20,22)(H,24,25)/t12-,15-/m0/s1. The van der Waals surface area contributed by atoms with Crippen molar-refractivity contribution >= 4 is 23.5 Å². The zero-order chi connectivity index (χ0) is 18.6. The fraction of sp³-hybridized carbons (Fsp3) is 0.526. The van der Waals surface area contributed by atoms with Crippen LogP contribution in [0.25, 0.3) is 0 Å². The summed E-state index contributed by atoms with van der Waals surface area (Å²) in [5.74, 6) is -1.39. The van der Waals surface area contributed by atoms with Crippen LogP contribution < -0.4 is 5.32 Å². The second-order valence-electron chi connectivity index (χ2n) is 6.76. The minimum absolute atomic E-state index is 0.0312. The number of carboxylic acid groups (broad SMARTS) is 1. The predicted molar refractivity (Wildman–Crippen MR) is 95.5 cm³/mol. The van der Waals surface area contributed by atoms with E-state index in [1.165, 1.54) is 12.1 Å². The van der Waals surface area contributed by atoms with E-state index in [0.29, 0.717) is 18.8 Å². The first-order valence-electron chi connectivity index (χ1n) is 8.77. The van der Waals surface area contributed by atoms with E-state index in [4.69, 9.17) is 5.11 Å². The molecule has 1 aliphatic rings. The van der Waals surface area contributed by atoms with Crippen LogP contribution in [0.3, 0.4) is 0 Å². The third kappa shape index (κ3) is 4.59. The molecule has 1 aromatic carbocycles. The van der Waals surface area contributed by atoms with E-state index in [-0.39, 0.29) is 29.2 Å². The Bertz CT molecular complexity index is 671. The molecule has 6 heteroatoms. The highest BCUT2D eigenvalue weighted by atomic mass is 16.4. The second kappa shape index (κ2) is 8.14. The maximum atomic E-state index is 12.6. The molecular weight excluding hydrogens is 320 g/mol. The number of nitrogens with zero attached hydrogens (tertiary/aromatic N) is 1. The van der Waals surface area contributed by atoms with Gasteiger partial charge in [0.2, 0.25) is 11.8 Å². The van der Waals surface area contributed by atoms with Gasteiger partial charge in [0.15, 0.2) is 0 Å². The van der Waals surface area contributed by atoms with Crippen molar-refractivity contribution in [3.63, 3.8) is 0 Å². The molecule has 2 atom stereocenters. The number of rotatable bonds is 5. The molecule has 0 unspecified atom stereocenters. The highest BCUT2D eigenvalue weighted by Crippen LogP contribution is 2.23. The van der Waals surface area contributed by atoms with E-state index in [9.17, 15) is 14.4 Å². The molecule has 2 N–H and O–H groups in total. The van der Waals surface area contributed by atoms with Gasteiger partial charge in [0, 0.05) is 24.7 Å². The van der Waals surface area contributed by atoms with Gasteiger partial charge >= 0.3 is 5.97 Å². The summed E-state index contributed by atoms with van der Waals surface area (Å²) in [6.07, 6.45) is 2.32. The Morgan fingerprint density at radius 2 is 2.08 bits per heavy atom. The molecule has 1 aromatic rings. The summed E-state index contributed by atoms with van der Waals surface area (Å²) in [5.41, 5.74) is 1.45. The van der Waals surface area contributed by atoms with Crippen molar-refractivity contribution in [2.75, 3.05) is 18.4 Å². The van der Waals surface area contributed by atoms with E-state index in [1.807, 2.05) is 20.8 Å². The third-order valence-electron chi connectivity index (χ3n) is 4.88. The van der Waals surface area contributed by atoms with Crippen molar-refractivity contribution in [3.8, 4) is 0 Å². The van der Waals surface area contributed by atoms with E-state index < -0.39 is 5.97 Å². The number of aromatic carboxylic acids is 1. The normalized spacial score (nSPS) is 18.5. The number of carboxylic acids is 1. The van der Waals surface area contributed by atoms with Gasteiger partial charge in [-0.3, -0.25) is 9.59 Å². The highest BCUT2D eigenvalue weighted by molar-refractivity contribution is 5.96. The topological polar surface area (TPSA) is 86.7 Å². The molecule has 2 rings (SSSR count). The summed E-state index contributed by atoms with van der Waals surface area (Å²) in [6.45, 7) is 6.83. The fourth-order valence-electron chi connectivity index (χ4n) is 3.00. The van der Waals surface area contributed by atoms with Gasteiger partial charge in [-0.25, -0.2) is 4.79 Å². The largest absolute Gasteiger partial charge is 0.478 e. The molecule has 1 saturated heterocycles. The Balaban J connectivity index is 2.07. The first-order valence-corrected chi connectivity index (χ1v) is 8.77. The van der Waals surface area contributed by atoms with Crippen LogP contribution in [0, 0.1) is 18.8 Å². The molecule has 1 fully saturated rings. The molecule has 1 aliphatic heterocycles. The van der Waals surface area contributed by atoms with Crippen molar-refractivity contribution in [1.82, 2.24) is 4.90 Å². The number of benzene rings is 1.